The normalized spacial score (nSPS) is 11.6. The molecule has 0 atom stereocenters. The number of hydrogen-bond donors (Lipinski definition) is 1. The summed E-state index contributed by atoms with van der Waals surface area (Å²) in [7, 11) is 1.38. The van der Waals surface area contributed by atoms with E-state index >= 15 is 0 Å². The summed E-state index contributed by atoms with van der Waals surface area (Å²) in [4.78, 5) is 23.1. The fourth-order valence-electron chi connectivity index (χ4n) is 2.53. The molecular weight excluding hydrogens is 360 g/mol. The van der Waals surface area contributed by atoms with Crippen LogP contribution < -0.4 is 14.8 Å². The van der Waals surface area contributed by atoms with Crippen LogP contribution in [0.15, 0.2) is 42.5 Å². The second-order valence-corrected chi connectivity index (χ2v) is 7.98. The summed E-state index contributed by atoms with van der Waals surface area (Å²) in [6, 6.07) is 11.6. The summed E-state index contributed by atoms with van der Waals surface area (Å²) >= 11 is 0. The first-order valence-electron chi connectivity index (χ1n) is 8.87. The van der Waals surface area contributed by atoms with Crippen LogP contribution >= 0.6 is 0 Å². The van der Waals surface area contributed by atoms with Gasteiger partial charge in [-0.1, -0.05) is 32.9 Å². The SMILES string of the molecule is COc1cc([N+](=O)[O-])ccc1NC(=O)C(C)(C)Oc1ccc(C(C)(C)C)cc1. The van der Waals surface area contributed by atoms with E-state index in [1.807, 2.05) is 24.3 Å². The van der Waals surface area contributed by atoms with Gasteiger partial charge in [-0.2, -0.15) is 0 Å². The van der Waals surface area contributed by atoms with E-state index in [1.165, 1.54) is 25.3 Å². The van der Waals surface area contributed by atoms with Crippen molar-refractivity contribution in [3.8, 4) is 11.5 Å². The first-order valence-corrected chi connectivity index (χ1v) is 8.87. The van der Waals surface area contributed by atoms with Crippen LogP contribution in [0.4, 0.5) is 11.4 Å². The number of nitrogens with zero attached hydrogens (tertiary/aromatic N) is 1. The number of rotatable bonds is 6. The highest BCUT2D eigenvalue weighted by Gasteiger charge is 2.31. The number of benzene rings is 2. The number of methoxy groups -OCH3 is 1. The Morgan fingerprint density at radius 3 is 2.14 bits per heavy atom. The Hall–Kier alpha value is -3.09. The van der Waals surface area contributed by atoms with Gasteiger partial charge < -0.3 is 14.8 Å². The number of carbonyl (C=O) groups excluding carboxylic acids is 1. The first kappa shape index (κ1) is 21.2. The van der Waals surface area contributed by atoms with Gasteiger partial charge in [0.15, 0.2) is 5.60 Å². The maximum atomic E-state index is 12.7. The van der Waals surface area contributed by atoms with Gasteiger partial charge in [0.25, 0.3) is 11.6 Å². The number of non-ortho nitro benzene ring substituents is 1. The van der Waals surface area contributed by atoms with Crippen LogP contribution in [0.5, 0.6) is 11.5 Å². The lowest BCUT2D eigenvalue weighted by molar-refractivity contribution is -0.384. The van der Waals surface area contributed by atoms with Crippen molar-refractivity contribution < 1.29 is 19.2 Å². The van der Waals surface area contributed by atoms with Gasteiger partial charge in [0.1, 0.15) is 11.5 Å². The van der Waals surface area contributed by atoms with E-state index < -0.39 is 16.4 Å². The number of nitro groups is 1. The standard InChI is InChI=1S/C21H26N2O5/c1-20(2,3)14-7-10-16(11-8-14)28-21(4,5)19(24)22-17-12-9-15(23(25)26)13-18(17)27-6/h7-13H,1-6H3,(H,22,24). The number of anilines is 1. The third-order valence-corrected chi connectivity index (χ3v) is 4.28. The molecule has 0 aliphatic rings. The predicted molar refractivity (Wildman–Crippen MR) is 108 cm³/mol. The van der Waals surface area contributed by atoms with E-state index in [2.05, 4.69) is 26.1 Å². The summed E-state index contributed by atoms with van der Waals surface area (Å²) in [5.41, 5.74) is 0.230. The molecule has 0 saturated carbocycles. The van der Waals surface area contributed by atoms with Crippen molar-refractivity contribution in [1.82, 2.24) is 0 Å². The van der Waals surface area contributed by atoms with E-state index in [9.17, 15) is 14.9 Å². The molecule has 1 amide bonds. The second-order valence-electron chi connectivity index (χ2n) is 7.98. The maximum Gasteiger partial charge on any atom is 0.273 e. The fourth-order valence-corrected chi connectivity index (χ4v) is 2.53. The molecule has 28 heavy (non-hydrogen) atoms. The Balaban J connectivity index is 2.15. The van der Waals surface area contributed by atoms with E-state index in [0.717, 1.165) is 5.56 Å². The summed E-state index contributed by atoms with van der Waals surface area (Å²) in [5, 5.41) is 13.6. The van der Waals surface area contributed by atoms with E-state index in [4.69, 9.17) is 9.47 Å². The summed E-state index contributed by atoms with van der Waals surface area (Å²) in [6.45, 7) is 9.67. The third kappa shape index (κ3) is 5.00. The minimum atomic E-state index is -1.17. The maximum absolute atomic E-state index is 12.7. The molecule has 150 valence electrons. The average molecular weight is 386 g/mol. The summed E-state index contributed by atoms with van der Waals surface area (Å²) < 4.78 is 11.0. The molecule has 0 saturated heterocycles. The van der Waals surface area contributed by atoms with Gasteiger partial charge in [0.2, 0.25) is 0 Å². The average Bonchev–Trinajstić information content (AvgIpc) is 2.61. The molecule has 0 spiro atoms. The van der Waals surface area contributed by atoms with Crippen LogP contribution in [0.2, 0.25) is 0 Å². The van der Waals surface area contributed by atoms with Crippen LogP contribution in [0.1, 0.15) is 40.2 Å². The zero-order chi connectivity index (χ0) is 21.1. The van der Waals surface area contributed by atoms with Gasteiger partial charge in [-0.25, -0.2) is 0 Å². The Bertz CT molecular complexity index is 867. The molecule has 0 aromatic heterocycles. The highest BCUT2D eigenvalue weighted by atomic mass is 16.6. The van der Waals surface area contributed by atoms with E-state index in [-0.39, 0.29) is 16.9 Å². The van der Waals surface area contributed by atoms with Gasteiger partial charge in [0.05, 0.1) is 23.8 Å². The first-order chi connectivity index (χ1) is 12.9. The van der Waals surface area contributed by atoms with Gasteiger partial charge in [-0.3, -0.25) is 14.9 Å². The lowest BCUT2D eigenvalue weighted by Gasteiger charge is -2.26. The Morgan fingerprint density at radius 1 is 1.04 bits per heavy atom. The second kappa shape index (κ2) is 7.88. The van der Waals surface area contributed by atoms with Crippen molar-refractivity contribution in [1.29, 1.82) is 0 Å². The molecular formula is C21H26N2O5. The molecule has 0 fully saturated rings. The molecule has 2 aromatic rings. The molecule has 0 aliphatic carbocycles. The molecule has 1 N–H and O–H groups in total. The molecule has 7 nitrogen and oxygen atoms in total. The molecule has 2 rings (SSSR count). The molecule has 7 heteroatoms. The number of carbonyl (C=O) groups is 1. The topological polar surface area (TPSA) is 90.7 Å². The van der Waals surface area contributed by atoms with Crippen molar-refractivity contribution >= 4 is 17.3 Å². The minimum Gasteiger partial charge on any atom is -0.494 e. The quantitative estimate of drug-likeness (QED) is 0.574. The molecule has 2 aromatic carbocycles. The van der Waals surface area contributed by atoms with Crippen molar-refractivity contribution in [2.24, 2.45) is 0 Å². The Morgan fingerprint density at radius 2 is 1.64 bits per heavy atom. The number of nitro benzene ring substituents is 1. The Kier molecular flexibility index (Phi) is 5.97. The monoisotopic (exact) mass is 386 g/mol. The van der Waals surface area contributed by atoms with Crippen LogP contribution in [0.25, 0.3) is 0 Å². The number of amides is 1. The van der Waals surface area contributed by atoms with E-state index in [0.29, 0.717) is 11.4 Å². The van der Waals surface area contributed by atoms with Crippen LogP contribution in [-0.4, -0.2) is 23.5 Å². The zero-order valence-electron chi connectivity index (χ0n) is 17.0. The summed E-state index contributed by atoms with van der Waals surface area (Å²) in [5.74, 6) is 0.372. The van der Waals surface area contributed by atoms with Crippen molar-refractivity contribution in [3.63, 3.8) is 0 Å². The summed E-state index contributed by atoms with van der Waals surface area (Å²) in [6.07, 6.45) is 0. The predicted octanol–water partition coefficient (Wildman–Crippen LogP) is 4.70. The van der Waals surface area contributed by atoms with Crippen molar-refractivity contribution in [3.05, 3.63) is 58.1 Å². The lowest BCUT2D eigenvalue weighted by atomic mass is 9.87. The zero-order valence-corrected chi connectivity index (χ0v) is 17.0. The smallest absolute Gasteiger partial charge is 0.273 e. The number of nitrogens with one attached hydrogen (secondary N) is 1. The lowest BCUT2D eigenvalue weighted by Crippen LogP contribution is -2.42. The highest BCUT2D eigenvalue weighted by molar-refractivity contribution is 5.98. The minimum absolute atomic E-state index is 0.0257. The van der Waals surface area contributed by atoms with Crippen molar-refractivity contribution in [2.75, 3.05) is 12.4 Å². The van der Waals surface area contributed by atoms with E-state index in [1.54, 1.807) is 13.8 Å². The molecule has 0 radical (unpaired) electrons. The molecule has 0 bridgehead atoms. The van der Waals surface area contributed by atoms with Crippen LogP contribution in [0.3, 0.4) is 0 Å². The van der Waals surface area contributed by atoms with Crippen LogP contribution in [0, 0.1) is 10.1 Å². The number of ether oxygens (including phenoxy) is 2. The molecule has 0 heterocycles. The third-order valence-electron chi connectivity index (χ3n) is 4.28. The number of hydrogen-bond acceptors (Lipinski definition) is 5. The van der Waals surface area contributed by atoms with Gasteiger partial charge in [0, 0.05) is 6.07 Å². The van der Waals surface area contributed by atoms with Crippen molar-refractivity contribution in [2.45, 2.75) is 45.6 Å². The highest BCUT2D eigenvalue weighted by Crippen LogP contribution is 2.31. The van der Waals surface area contributed by atoms with Gasteiger partial charge in [-0.15, -0.1) is 0 Å². The largest absolute Gasteiger partial charge is 0.494 e. The van der Waals surface area contributed by atoms with Gasteiger partial charge >= 0.3 is 0 Å². The fraction of sp³-hybridized carbons (Fsp3) is 0.381. The van der Waals surface area contributed by atoms with Crippen LogP contribution in [-0.2, 0) is 10.2 Å². The molecule has 0 aliphatic heterocycles. The molecule has 0 unspecified atom stereocenters. The van der Waals surface area contributed by atoms with Gasteiger partial charge in [-0.05, 0) is 43.0 Å². The Labute approximate surface area is 164 Å².